The van der Waals surface area contributed by atoms with Gasteiger partial charge in [-0.25, -0.2) is 0 Å². The Morgan fingerprint density at radius 2 is 1.65 bits per heavy atom. The number of hydrogen-bond acceptors (Lipinski definition) is 4. The van der Waals surface area contributed by atoms with Gasteiger partial charge in [0.2, 0.25) is 0 Å². The van der Waals surface area contributed by atoms with Gasteiger partial charge in [0.15, 0.2) is 0 Å². The van der Waals surface area contributed by atoms with Gasteiger partial charge >= 0.3 is 11.9 Å². The Hall–Kier alpha value is -2.10. The summed E-state index contributed by atoms with van der Waals surface area (Å²) in [6.07, 6.45) is 2.66. The molecule has 0 bridgehead atoms. The van der Waals surface area contributed by atoms with E-state index in [0.29, 0.717) is 12.8 Å². The van der Waals surface area contributed by atoms with Crippen LogP contribution >= 0.6 is 0 Å². The van der Waals surface area contributed by atoms with Gasteiger partial charge in [0, 0.05) is 13.8 Å². The standard InChI is InChI=1S/C16H18O4/c1-11(17)19-14-8-9-16(20-12(2)18)15(10-14)13-6-4-3-5-7-13/h3-7,10,14,16H,8-9H2,1-2H3/t14-,16-/m0/s1. The highest BCUT2D eigenvalue weighted by atomic mass is 16.5. The Morgan fingerprint density at radius 3 is 2.25 bits per heavy atom. The minimum atomic E-state index is -0.303. The fraction of sp³-hybridized carbons (Fsp3) is 0.375. The van der Waals surface area contributed by atoms with Crippen molar-refractivity contribution in [3.05, 3.63) is 42.0 Å². The molecule has 0 saturated carbocycles. The molecule has 0 aromatic heterocycles. The highest BCUT2D eigenvalue weighted by Gasteiger charge is 2.27. The molecule has 0 radical (unpaired) electrons. The van der Waals surface area contributed by atoms with Gasteiger partial charge in [0.05, 0.1) is 0 Å². The number of rotatable bonds is 3. The maximum atomic E-state index is 11.2. The first kappa shape index (κ1) is 14.3. The Balaban J connectivity index is 2.28. The lowest BCUT2D eigenvalue weighted by Crippen LogP contribution is -2.27. The van der Waals surface area contributed by atoms with Gasteiger partial charge in [-0.1, -0.05) is 30.3 Å². The van der Waals surface area contributed by atoms with Crippen molar-refractivity contribution in [2.75, 3.05) is 0 Å². The quantitative estimate of drug-likeness (QED) is 0.795. The second kappa shape index (κ2) is 6.37. The lowest BCUT2D eigenvalue weighted by atomic mass is 9.89. The summed E-state index contributed by atoms with van der Waals surface area (Å²) in [6.45, 7) is 2.80. The minimum Gasteiger partial charge on any atom is -0.458 e. The summed E-state index contributed by atoms with van der Waals surface area (Å²) in [5, 5.41) is 0. The van der Waals surface area contributed by atoms with Crippen LogP contribution in [0.3, 0.4) is 0 Å². The zero-order chi connectivity index (χ0) is 14.5. The van der Waals surface area contributed by atoms with E-state index in [1.54, 1.807) is 0 Å². The first-order valence-corrected chi connectivity index (χ1v) is 6.68. The van der Waals surface area contributed by atoms with Crippen LogP contribution in [0.2, 0.25) is 0 Å². The predicted molar refractivity (Wildman–Crippen MR) is 74.8 cm³/mol. The van der Waals surface area contributed by atoms with E-state index < -0.39 is 0 Å². The molecule has 4 nitrogen and oxygen atoms in total. The second-order valence-electron chi connectivity index (χ2n) is 4.81. The summed E-state index contributed by atoms with van der Waals surface area (Å²) in [7, 11) is 0. The van der Waals surface area contributed by atoms with Gasteiger partial charge in [0.25, 0.3) is 0 Å². The SMILES string of the molecule is CC(=O)O[C@@H]1C=C(c2ccccc2)[C@@H](OC(C)=O)CC1. The summed E-state index contributed by atoms with van der Waals surface area (Å²) in [6, 6.07) is 9.70. The van der Waals surface area contributed by atoms with Crippen molar-refractivity contribution in [3.8, 4) is 0 Å². The molecule has 0 aliphatic heterocycles. The fourth-order valence-electron chi connectivity index (χ4n) is 2.40. The summed E-state index contributed by atoms with van der Waals surface area (Å²) < 4.78 is 10.6. The number of esters is 2. The highest BCUT2D eigenvalue weighted by molar-refractivity contribution is 5.75. The second-order valence-corrected chi connectivity index (χ2v) is 4.81. The van der Waals surface area contributed by atoms with E-state index in [2.05, 4.69) is 0 Å². The zero-order valence-corrected chi connectivity index (χ0v) is 11.7. The van der Waals surface area contributed by atoms with Crippen LogP contribution in [0.25, 0.3) is 5.57 Å². The maximum Gasteiger partial charge on any atom is 0.303 e. The Morgan fingerprint density at radius 1 is 1.00 bits per heavy atom. The molecule has 1 aliphatic rings. The first-order chi connectivity index (χ1) is 9.56. The number of hydrogen-bond donors (Lipinski definition) is 0. The van der Waals surface area contributed by atoms with Crippen molar-refractivity contribution in [3.63, 3.8) is 0 Å². The lowest BCUT2D eigenvalue weighted by molar-refractivity contribution is -0.148. The summed E-state index contributed by atoms with van der Waals surface area (Å²) in [4.78, 5) is 22.3. The molecule has 0 spiro atoms. The van der Waals surface area contributed by atoms with Gasteiger partial charge in [-0.05, 0) is 30.1 Å². The van der Waals surface area contributed by atoms with Crippen molar-refractivity contribution in [1.82, 2.24) is 0 Å². The predicted octanol–water partition coefficient (Wildman–Crippen LogP) is 2.73. The van der Waals surface area contributed by atoms with Gasteiger partial charge in [0.1, 0.15) is 12.2 Å². The fourth-order valence-corrected chi connectivity index (χ4v) is 2.40. The smallest absolute Gasteiger partial charge is 0.303 e. The molecule has 0 unspecified atom stereocenters. The van der Waals surface area contributed by atoms with Crippen LogP contribution < -0.4 is 0 Å². The lowest BCUT2D eigenvalue weighted by Gasteiger charge is -2.28. The van der Waals surface area contributed by atoms with Crippen LogP contribution in [-0.2, 0) is 19.1 Å². The van der Waals surface area contributed by atoms with Crippen LogP contribution in [0, 0.1) is 0 Å². The van der Waals surface area contributed by atoms with E-state index in [1.165, 1.54) is 13.8 Å². The molecule has 1 aromatic rings. The van der Waals surface area contributed by atoms with Crippen molar-refractivity contribution >= 4 is 17.5 Å². The van der Waals surface area contributed by atoms with Crippen LogP contribution in [0.5, 0.6) is 0 Å². The summed E-state index contributed by atoms with van der Waals surface area (Å²) >= 11 is 0. The minimum absolute atomic E-state index is 0.255. The molecule has 1 aromatic carbocycles. The summed E-state index contributed by atoms with van der Waals surface area (Å²) in [5.41, 5.74) is 1.88. The number of benzene rings is 1. The van der Waals surface area contributed by atoms with Gasteiger partial charge in [-0.15, -0.1) is 0 Å². The number of carbonyl (C=O) groups excluding carboxylic acids is 2. The Kier molecular flexibility index (Phi) is 4.56. The van der Waals surface area contributed by atoms with Gasteiger partial charge in [-0.3, -0.25) is 9.59 Å². The maximum absolute atomic E-state index is 11.2. The third-order valence-corrected chi connectivity index (χ3v) is 3.16. The monoisotopic (exact) mass is 274 g/mol. The molecule has 0 saturated heterocycles. The average Bonchev–Trinajstić information content (AvgIpc) is 2.40. The molecule has 106 valence electrons. The van der Waals surface area contributed by atoms with Crippen molar-refractivity contribution in [2.24, 2.45) is 0 Å². The molecular weight excluding hydrogens is 256 g/mol. The van der Waals surface area contributed by atoms with E-state index in [-0.39, 0.29) is 24.1 Å². The Bertz CT molecular complexity index is 519. The third kappa shape index (κ3) is 3.70. The van der Waals surface area contributed by atoms with Crippen molar-refractivity contribution in [2.45, 2.75) is 38.9 Å². The van der Waals surface area contributed by atoms with E-state index in [9.17, 15) is 9.59 Å². The molecule has 0 N–H and O–H groups in total. The Labute approximate surface area is 118 Å². The highest BCUT2D eigenvalue weighted by Crippen LogP contribution is 2.31. The van der Waals surface area contributed by atoms with Crippen molar-refractivity contribution in [1.29, 1.82) is 0 Å². The topological polar surface area (TPSA) is 52.6 Å². The molecule has 0 amide bonds. The molecule has 20 heavy (non-hydrogen) atoms. The largest absolute Gasteiger partial charge is 0.458 e. The zero-order valence-electron chi connectivity index (χ0n) is 11.7. The number of ether oxygens (including phenoxy) is 2. The molecular formula is C16H18O4. The first-order valence-electron chi connectivity index (χ1n) is 6.68. The van der Waals surface area contributed by atoms with Gasteiger partial charge < -0.3 is 9.47 Å². The van der Waals surface area contributed by atoms with Gasteiger partial charge in [-0.2, -0.15) is 0 Å². The van der Waals surface area contributed by atoms with Crippen LogP contribution in [-0.4, -0.2) is 24.1 Å². The molecule has 0 heterocycles. The average molecular weight is 274 g/mol. The third-order valence-electron chi connectivity index (χ3n) is 3.16. The van der Waals surface area contributed by atoms with Crippen LogP contribution in [0.4, 0.5) is 0 Å². The molecule has 4 heteroatoms. The van der Waals surface area contributed by atoms with E-state index in [0.717, 1.165) is 11.1 Å². The molecule has 0 fully saturated rings. The van der Waals surface area contributed by atoms with Crippen LogP contribution in [0.1, 0.15) is 32.3 Å². The van der Waals surface area contributed by atoms with Crippen LogP contribution in [0.15, 0.2) is 36.4 Å². The van der Waals surface area contributed by atoms with E-state index in [4.69, 9.17) is 9.47 Å². The van der Waals surface area contributed by atoms with E-state index >= 15 is 0 Å². The number of carbonyl (C=O) groups is 2. The summed E-state index contributed by atoms with van der Waals surface area (Å²) in [5.74, 6) is -0.604. The molecule has 2 rings (SSSR count). The van der Waals surface area contributed by atoms with E-state index in [1.807, 2.05) is 36.4 Å². The molecule has 1 aliphatic carbocycles. The van der Waals surface area contributed by atoms with Crippen molar-refractivity contribution < 1.29 is 19.1 Å². The molecule has 2 atom stereocenters. The normalized spacial score (nSPS) is 21.8.